The highest BCUT2D eigenvalue weighted by molar-refractivity contribution is 6.00. The first-order chi connectivity index (χ1) is 49.4. The van der Waals surface area contributed by atoms with E-state index in [1.54, 1.807) is 83.1 Å². The average molecular weight is 1510 g/mol. The first kappa shape index (κ1) is 97.2. The van der Waals surface area contributed by atoms with Crippen molar-refractivity contribution in [3.05, 3.63) is 0 Å². The van der Waals surface area contributed by atoms with Crippen LogP contribution in [0.15, 0.2) is 4.99 Å². The molecule has 0 aliphatic carbocycles. The van der Waals surface area contributed by atoms with Gasteiger partial charge < -0.3 is 103 Å². The fourth-order valence-corrected chi connectivity index (χ4v) is 11.1. The SMILES string of the molecule is CC(=O)N[C@@H](CCCCN)C(=O)N[C@H](C(=O)N[C@@H](CC(C)C)C(=O)NCC(=O)N[C@@H](CCCN=C(N)N)C(=O)N[C@@H](CC(C)C)C(=O)N[C@H](C(=O)N[C@@H](CCCCN)C(=O)N[C@H](C(=O)N[C@@H](CC(C)C)C(=O)NCC(=O)N[C@@H](C)C(=O)N[C@@H](CC(C)C)C(=O)N[C@H](C(N)=O)C(C)C)C(C)C)C(C)C)C(C)C. The van der Waals surface area contributed by atoms with Crippen LogP contribution in [-0.2, 0) is 71.9 Å². The number of nitrogens with zero attached hydrogens (tertiary/aromatic N) is 1. The molecule has 0 heterocycles. The number of carbonyl (C=O) groups is 15. The number of hydrogen-bond donors (Lipinski definition) is 19. The molecule has 0 bridgehead atoms. The van der Waals surface area contributed by atoms with Gasteiger partial charge in [0, 0.05) is 13.5 Å². The molecule has 0 aliphatic rings. The molecule has 0 aromatic rings. The maximum absolute atomic E-state index is 14.5. The number of amides is 15. The van der Waals surface area contributed by atoms with E-state index in [1.165, 1.54) is 13.8 Å². The average Bonchev–Trinajstić information content (AvgIpc) is 0.857. The van der Waals surface area contributed by atoms with E-state index in [2.05, 4.69) is 79.4 Å². The number of carbonyl (C=O) groups excluding carboxylic acids is 15. The number of hydrogen-bond acceptors (Lipinski definition) is 18. The lowest BCUT2D eigenvalue weighted by Gasteiger charge is -2.30. The summed E-state index contributed by atoms with van der Waals surface area (Å²) >= 11 is 0. The van der Waals surface area contributed by atoms with Crippen molar-refractivity contribution in [2.45, 2.75) is 274 Å². The van der Waals surface area contributed by atoms with Crippen LogP contribution in [0.5, 0.6) is 0 Å². The molecule has 35 heteroatoms. The summed E-state index contributed by atoms with van der Waals surface area (Å²) in [6.45, 7) is 29.8. The fraction of sp³-hybridized carbons (Fsp3) is 0.775. The largest absolute Gasteiger partial charge is 0.370 e. The van der Waals surface area contributed by atoms with Crippen molar-refractivity contribution in [3.63, 3.8) is 0 Å². The quantitative estimate of drug-likeness (QED) is 0.0173. The summed E-state index contributed by atoms with van der Waals surface area (Å²) in [7, 11) is 0. The lowest BCUT2D eigenvalue weighted by molar-refractivity contribution is -0.136. The molecule has 0 saturated heterocycles. The molecule has 0 aromatic carbocycles. The zero-order valence-electron chi connectivity index (χ0n) is 66.0. The van der Waals surface area contributed by atoms with Crippen LogP contribution in [0, 0.1) is 47.3 Å². The molecular formula is C71H132N20O15. The van der Waals surface area contributed by atoms with E-state index in [1.807, 2.05) is 27.7 Å². The molecule has 0 spiro atoms. The van der Waals surface area contributed by atoms with Gasteiger partial charge in [0.2, 0.25) is 88.6 Å². The van der Waals surface area contributed by atoms with Crippen molar-refractivity contribution in [2.75, 3.05) is 32.7 Å². The van der Waals surface area contributed by atoms with Crippen LogP contribution in [0.3, 0.4) is 0 Å². The van der Waals surface area contributed by atoms with Crippen molar-refractivity contribution < 1.29 is 71.9 Å². The number of primary amides is 1. The predicted molar refractivity (Wildman–Crippen MR) is 403 cm³/mol. The van der Waals surface area contributed by atoms with Gasteiger partial charge in [-0.05, 0) is 144 Å². The zero-order chi connectivity index (χ0) is 81.4. The van der Waals surface area contributed by atoms with Gasteiger partial charge in [-0.25, -0.2) is 0 Å². The highest BCUT2D eigenvalue weighted by Gasteiger charge is 2.38. The molecule has 12 atom stereocenters. The molecule has 24 N–H and O–H groups in total. The Labute approximate surface area is 626 Å². The molecule has 106 heavy (non-hydrogen) atoms. The van der Waals surface area contributed by atoms with E-state index in [0.29, 0.717) is 32.2 Å². The minimum atomic E-state index is -1.35. The normalized spacial score (nSPS) is 14.8. The van der Waals surface area contributed by atoms with Crippen molar-refractivity contribution in [3.8, 4) is 0 Å². The van der Waals surface area contributed by atoms with E-state index in [4.69, 9.17) is 28.7 Å². The summed E-state index contributed by atoms with van der Waals surface area (Å²) in [5.41, 5.74) is 28.1. The number of rotatable bonds is 52. The van der Waals surface area contributed by atoms with Gasteiger partial charge in [0.05, 0.1) is 13.1 Å². The highest BCUT2D eigenvalue weighted by atomic mass is 16.2. The Morgan fingerprint density at radius 3 is 0.915 bits per heavy atom. The maximum atomic E-state index is 14.5. The molecule has 0 fully saturated rings. The predicted octanol–water partition coefficient (Wildman–Crippen LogP) is -2.32. The standard InChI is InChI=1S/C71H132N20O15/c1-36(2)30-49(61(97)78-34-53(93)80-44(17)60(96)84-51(32-38(5)6)66(102)88-55(40(9)10)59(74)95)86-70(106)58(43(15)16)90-65(101)48(25-20-22-28-73)83-68(104)56(41(11)12)91-67(103)52(33-39(7)8)85-63(99)47(26-23-29-77-71(75)76)82-54(94)35-79-62(98)50(31-37(3)4)87-69(105)57(42(13)14)89-64(100)46(81-45(18)92)24-19-21-27-72/h36-44,46-52,55-58H,19-35,72-73H2,1-18H3,(H2,74,95)(H,78,97)(H,79,98)(H,80,93)(H,81,92)(H,82,94)(H,83,104)(H,84,96)(H,85,99)(H,86,106)(H,87,105)(H,88,102)(H,89,100)(H,90,101)(H,91,103)(H4,75,76,77)/t44-,46-,47-,48-,49-,50-,51-,52-,55-,56-,57-,58-/m0/s1. The third-order valence-electron chi connectivity index (χ3n) is 16.8. The third-order valence-corrected chi connectivity index (χ3v) is 16.8. The van der Waals surface area contributed by atoms with Crippen LogP contribution in [-0.4, -0.2) is 200 Å². The van der Waals surface area contributed by atoms with Gasteiger partial charge in [-0.3, -0.25) is 76.9 Å². The van der Waals surface area contributed by atoms with Gasteiger partial charge in [0.1, 0.15) is 72.5 Å². The number of unbranched alkanes of at least 4 members (excludes halogenated alkanes) is 2. The van der Waals surface area contributed by atoms with Crippen LogP contribution < -0.4 is 103 Å². The smallest absolute Gasteiger partial charge is 0.243 e. The Balaban J connectivity index is 6.65. The number of nitrogens with one attached hydrogen (secondary N) is 14. The first-order valence-corrected chi connectivity index (χ1v) is 37.3. The lowest BCUT2D eigenvalue weighted by Crippen LogP contribution is -2.61. The molecule has 0 radical (unpaired) electrons. The summed E-state index contributed by atoms with van der Waals surface area (Å²) < 4.78 is 0. The van der Waals surface area contributed by atoms with Crippen LogP contribution in [0.1, 0.15) is 202 Å². The Morgan fingerprint density at radius 2 is 0.585 bits per heavy atom. The van der Waals surface area contributed by atoms with E-state index in [9.17, 15) is 71.9 Å². The van der Waals surface area contributed by atoms with E-state index in [0.717, 1.165) is 0 Å². The van der Waals surface area contributed by atoms with E-state index in [-0.39, 0.29) is 100 Å². The summed E-state index contributed by atoms with van der Waals surface area (Å²) in [6.07, 6.45) is 2.72. The topological polar surface area (TPSA) is 567 Å². The monoisotopic (exact) mass is 1510 g/mol. The van der Waals surface area contributed by atoms with E-state index >= 15 is 0 Å². The highest BCUT2D eigenvalue weighted by Crippen LogP contribution is 2.16. The minimum absolute atomic E-state index is 0.0328. The molecule has 0 aromatic heterocycles. The van der Waals surface area contributed by atoms with Gasteiger partial charge in [0.15, 0.2) is 5.96 Å². The van der Waals surface area contributed by atoms with Crippen molar-refractivity contribution >= 4 is 94.6 Å². The van der Waals surface area contributed by atoms with Crippen molar-refractivity contribution in [1.29, 1.82) is 0 Å². The summed E-state index contributed by atoms with van der Waals surface area (Å²) in [6, 6.07) is -14.3. The van der Waals surface area contributed by atoms with Crippen LogP contribution in [0.2, 0.25) is 0 Å². The summed E-state index contributed by atoms with van der Waals surface area (Å²) in [5, 5.41) is 37.0. The molecular weight excluding hydrogens is 1370 g/mol. The molecule has 35 nitrogen and oxygen atoms in total. The Hall–Kier alpha value is -8.76. The Morgan fingerprint density at radius 1 is 0.302 bits per heavy atom. The fourth-order valence-electron chi connectivity index (χ4n) is 11.1. The molecule has 0 unspecified atom stereocenters. The van der Waals surface area contributed by atoms with Gasteiger partial charge in [-0.1, -0.05) is 111 Å². The van der Waals surface area contributed by atoms with Crippen molar-refractivity contribution in [1.82, 2.24) is 74.4 Å². The van der Waals surface area contributed by atoms with Crippen LogP contribution in [0.25, 0.3) is 0 Å². The van der Waals surface area contributed by atoms with Crippen molar-refractivity contribution in [2.24, 2.45) is 81.0 Å². The van der Waals surface area contributed by atoms with Gasteiger partial charge in [-0.2, -0.15) is 0 Å². The zero-order valence-corrected chi connectivity index (χ0v) is 66.0. The molecule has 0 aliphatic heterocycles. The summed E-state index contributed by atoms with van der Waals surface area (Å²) in [4.78, 5) is 208. The Bertz CT molecular complexity index is 2900. The molecule has 606 valence electrons. The number of guanidine groups is 1. The van der Waals surface area contributed by atoms with Crippen LogP contribution in [0.4, 0.5) is 0 Å². The van der Waals surface area contributed by atoms with Gasteiger partial charge in [-0.15, -0.1) is 0 Å². The number of nitrogens with two attached hydrogens (primary N) is 5. The first-order valence-electron chi connectivity index (χ1n) is 37.3. The third kappa shape index (κ3) is 39.6. The molecule has 0 rings (SSSR count). The second kappa shape index (κ2) is 50.7. The second-order valence-corrected chi connectivity index (χ2v) is 30.3. The van der Waals surface area contributed by atoms with Gasteiger partial charge >= 0.3 is 0 Å². The van der Waals surface area contributed by atoms with Crippen LogP contribution >= 0.6 is 0 Å². The minimum Gasteiger partial charge on any atom is -0.370 e. The second-order valence-electron chi connectivity index (χ2n) is 30.3. The Kier molecular flexibility index (Phi) is 46.5. The molecule has 15 amide bonds. The summed E-state index contributed by atoms with van der Waals surface area (Å²) in [5.74, 6) is -13.8. The van der Waals surface area contributed by atoms with E-state index < -0.39 is 192 Å². The van der Waals surface area contributed by atoms with Gasteiger partial charge in [0.25, 0.3) is 0 Å². The maximum Gasteiger partial charge on any atom is 0.243 e. The lowest BCUT2D eigenvalue weighted by atomic mass is 9.98. The molecule has 0 saturated carbocycles. The number of aliphatic imine (C=N–C) groups is 1.